The number of imide groups is 1. The fourth-order valence-electron chi connectivity index (χ4n) is 2.29. The van der Waals surface area contributed by atoms with Crippen LogP contribution in [0.25, 0.3) is 0 Å². The van der Waals surface area contributed by atoms with Crippen molar-refractivity contribution in [2.45, 2.75) is 58.9 Å². The van der Waals surface area contributed by atoms with E-state index >= 15 is 0 Å². The summed E-state index contributed by atoms with van der Waals surface area (Å²) in [6.07, 6.45) is 8.01. The quantitative estimate of drug-likeness (QED) is 0.483. The average molecular weight is 475 g/mol. The van der Waals surface area contributed by atoms with Crippen molar-refractivity contribution in [3.63, 3.8) is 0 Å². The molecule has 1 aliphatic heterocycles. The van der Waals surface area contributed by atoms with Crippen molar-refractivity contribution in [3.8, 4) is 0 Å². The number of amides is 3. The Kier molecular flexibility index (Phi) is 9.91. The standard InChI is InChI=1S/C14H17N2O3.C2H6.W/c1-2-9-5-3-4-6-10(9)13(18)15-11-7-8-12(17)16-14(11)19;1-2;/h4,11H,2-3,5,7-8H2,1H3,(H,15,18)(H,16,17,19);1-2H3;/q-1;;. The van der Waals surface area contributed by atoms with Crippen molar-refractivity contribution in [2.24, 2.45) is 0 Å². The van der Waals surface area contributed by atoms with Crippen molar-refractivity contribution in [2.75, 3.05) is 0 Å². The van der Waals surface area contributed by atoms with Gasteiger partial charge in [0.05, 0.1) is 6.04 Å². The first-order valence-corrected chi connectivity index (χ1v) is 7.56. The maximum Gasteiger partial charge on any atom is 0.248 e. The van der Waals surface area contributed by atoms with Crippen molar-refractivity contribution < 1.29 is 35.4 Å². The zero-order valence-corrected chi connectivity index (χ0v) is 16.3. The van der Waals surface area contributed by atoms with Crippen molar-refractivity contribution >= 4 is 17.7 Å². The molecule has 2 rings (SSSR count). The number of rotatable bonds is 3. The van der Waals surface area contributed by atoms with E-state index in [-0.39, 0.29) is 39.3 Å². The molecule has 3 amide bonds. The molecule has 5 nitrogen and oxygen atoms in total. The molecule has 22 heavy (non-hydrogen) atoms. The van der Waals surface area contributed by atoms with Gasteiger partial charge in [0.25, 0.3) is 0 Å². The van der Waals surface area contributed by atoms with Crippen LogP contribution in [-0.4, -0.2) is 23.8 Å². The maximum absolute atomic E-state index is 12.1. The van der Waals surface area contributed by atoms with E-state index in [0.29, 0.717) is 12.0 Å². The van der Waals surface area contributed by atoms with Gasteiger partial charge in [-0.15, -0.1) is 11.6 Å². The van der Waals surface area contributed by atoms with Crippen LogP contribution in [0.1, 0.15) is 52.9 Å². The maximum atomic E-state index is 12.1. The second-order valence-electron chi connectivity index (χ2n) is 4.70. The van der Waals surface area contributed by atoms with Gasteiger partial charge in [-0.25, -0.2) is 0 Å². The first kappa shape index (κ1) is 20.8. The van der Waals surface area contributed by atoms with E-state index in [9.17, 15) is 14.4 Å². The normalized spacial score (nSPS) is 20.4. The van der Waals surface area contributed by atoms with E-state index in [1.165, 1.54) is 0 Å². The van der Waals surface area contributed by atoms with E-state index in [1.807, 2.05) is 26.8 Å². The van der Waals surface area contributed by atoms with Gasteiger partial charge in [-0.2, -0.15) is 11.6 Å². The minimum atomic E-state index is -0.625. The molecule has 1 aliphatic carbocycles. The third-order valence-electron chi connectivity index (χ3n) is 3.39. The molecule has 1 heterocycles. The fraction of sp³-hybridized carbons (Fsp3) is 0.562. The summed E-state index contributed by atoms with van der Waals surface area (Å²) in [6, 6.07) is -0.625. The molecule has 1 atom stereocenters. The largest absolute Gasteiger partial charge is 0.394 e. The minimum Gasteiger partial charge on any atom is -0.394 e. The molecule has 0 spiro atoms. The third kappa shape index (κ3) is 5.52. The molecule has 0 bridgehead atoms. The van der Waals surface area contributed by atoms with Crippen LogP contribution < -0.4 is 10.6 Å². The molecule has 1 unspecified atom stereocenters. The van der Waals surface area contributed by atoms with Crippen LogP contribution in [0.5, 0.6) is 0 Å². The Morgan fingerprint density at radius 3 is 2.64 bits per heavy atom. The number of piperidine rings is 1. The van der Waals surface area contributed by atoms with Crippen LogP contribution in [0.4, 0.5) is 0 Å². The summed E-state index contributed by atoms with van der Waals surface area (Å²) < 4.78 is 0. The number of carbonyl (C=O) groups excluding carboxylic acids is 3. The topological polar surface area (TPSA) is 75.3 Å². The molecule has 0 aromatic rings. The SMILES string of the molecule is CC.CCC1=C(C(=O)NC2CCC(=O)NC2=O)[C-]=CCC1.[W]. The second kappa shape index (κ2) is 10.5. The van der Waals surface area contributed by atoms with Gasteiger partial charge >= 0.3 is 0 Å². The Bertz CT molecular complexity index is 484. The summed E-state index contributed by atoms with van der Waals surface area (Å²) in [7, 11) is 0. The molecule has 122 valence electrons. The molecule has 2 N–H and O–H groups in total. The number of carbonyl (C=O) groups is 3. The van der Waals surface area contributed by atoms with Crippen LogP contribution in [0.3, 0.4) is 0 Å². The monoisotopic (exact) mass is 475 g/mol. The second-order valence-corrected chi connectivity index (χ2v) is 4.70. The van der Waals surface area contributed by atoms with E-state index in [2.05, 4.69) is 16.7 Å². The van der Waals surface area contributed by atoms with Gasteiger partial charge in [0.1, 0.15) is 5.91 Å². The number of nitrogens with one attached hydrogen (secondary N) is 2. The van der Waals surface area contributed by atoms with Gasteiger partial charge in [0, 0.05) is 27.5 Å². The summed E-state index contributed by atoms with van der Waals surface area (Å²) in [6.45, 7) is 6.00. The van der Waals surface area contributed by atoms with Gasteiger partial charge < -0.3 is 10.1 Å². The smallest absolute Gasteiger partial charge is 0.248 e. The summed E-state index contributed by atoms with van der Waals surface area (Å²) in [5.41, 5.74) is 1.60. The van der Waals surface area contributed by atoms with Crippen LogP contribution in [0, 0.1) is 6.08 Å². The van der Waals surface area contributed by atoms with Gasteiger partial charge in [0.2, 0.25) is 11.8 Å². The molecule has 2 aliphatic rings. The molecule has 1 fully saturated rings. The Morgan fingerprint density at radius 2 is 2.05 bits per heavy atom. The Morgan fingerprint density at radius 1 is 1.36 bits per heavy atom. The van der Waals surface area contributed by atoms with Crippen LogP contribution in [0.2, 0.25) is 0 Å². The zero-order valence-electron chi connectivity index (χ0n) is 13.3. The summed E-state index contributed by atoms with van der Waals surface area (Å²) >= 11 is 0. The first-order valence-electron chi connectivity index (χ1n) is 7.56. The first-order chi connectivity index (χ1) is 10.1. The van der Waals surface area contributed by atoms with Crippen LogP contribution >= 0.6 is 0 Å². The van der Waals surface area contributed by atoms with E-state index in [1.54, 1.807) is 0 Å². The number of allylic oxidation sites excluding steroid dienone is 2. The molecule has 0 aromatic heterocycles. The molecular formula is C16H23N2O3W-. The molecule has 0 aromatic carbocycles. The van der Waals surface area contributed by atoms with Gasteiger partial charge in [-0.3, -0.25) is 14.9 Å². The van der Waals surface area contributed by atoms with Crippen molar-refractivity contribution in [3.05, 3.63) is 23.3 Å². The molecular weight excluding hydrogens is 452 g/mol. The van der Waals surface area contributed by atoms with Crippen molar-refractivity contribution in [1.82, 2.24) is 10.6 Å². The Balaban J connectivity index is 0.00000141. The van der Waals surface area contributed by atoms with E-state index in [0.717, 1.165) is 24.8 Å². The number of hydrogen-bond donors (Lipinski definition) is 2. The summed E-state index contributed by atoms with van der Waals surface area (Å²) in [4.78, 5) is 34.8. The minimum absolute atomic E-state index is 0. The van der Waals surface area contributed by atoms with Crippen LogP contribution in [-0.2, 0) is 35.4 Å². The van der Waals surface area contributed by atoms with E-state index in [4.69, 9.17) is 0 Å². The molecule has 0 saturated carbocycles. The van der Waals surface area contributed by atoms with Gasteiger partial charge in [-0.05, 0) is 6.42 Å². The Hall–Kier alpha value is -1.22. The number of hydrogen-bond acceptors (Lipinski definition) is 3. The molecule has 6 heteroatoms. The average Bonchev–Trinajstić information content (AvgIpc) is 2.52. The van der Waals surface area contributed by atoms with E-state index < -0.39 is 11.9 Å². The molecule has 1 saturated heterocycles. The third-order valence-corrected chi connectivity index (χ3v) is 3.39. The fourth-order valence-corrected chi connectivity index (χ4v) is 2.29. The van der Waals surface area contributed by atoms with Gasteiger partial charge in [-0.1, -0.05) is 40.0 Å². The predicted octanol–water partition coefficient (Wildman–Crippen LogP) is 1.79. The Labute approximate surface area is 146 Å². The summed E-state index contributed by atoms with van der Waals surface area (Å²) in [5, 5.41) is 4.91. The summed E-state index contributed by atoms with van der Waals surface area (Å²) in [5.74, 6) is -0.988. The zero-order chi connectivity index (χ0) is 15.8. The van der Waals surface area contributed by atoms with Gasteiger partial charge in [0.15, 0.2) is 0 Å². The van der Waals surface area contributed by atoms with Crippen LogP contribution in [0.15, 0.2) is 17.2 Å². The molecule has 0 radical (unpaired) electrons. The van der Waals surface area contributed by atoms with Crippen molar-refractivity contribution in [1.29, 1.82) is 0 Å². The predicted molar refractivity (Wildman–Crippen MR) is 80.0 cm³/mol.